The molecule has 0 saturated heterocycles. The molecule has 5 rings (SSSR count). The molecule has 0 unspecified atom stereocenters. The highest BCUT2D eigenvalue weighted by Crippen LogP contribution is 2.32. The van der Waals surface area contributed by atoms with Crippen LogP contribution in [-0.2, 0) is 16.6 Å². The van der Waals surface area contributed by atoms with Crippen LogP contribution in [0.15, 0.2) is 71.6 Å². The number of hydrogen-bond acceptors (Lipinski definition) is 8. The summed E-state index contributed by atoms with van der Waals surface area (Å²) in [5, 5.41) is 0. The van der Waals surface area contributed by atoms with E-state index in [1.54, 1.807) is 23.1 Å². The van der Waals surface area contributed by atoms with Crippen molar-refractivity contribution in [1.82, 2.24) is 19.9 Å². The molecular weight excluding hydrogens is 625 g/mol. The number of benzene rings is 2. The summed E-state index contributed by atoms with van der Waals surface area (Å²) in [5.74, 6) is 0.602. The Morgan fingerprint density at radius 2 is 1.67 bits per heavy atom. The third-order valence-corrected chi connectivity index (χ3v) is 9.74. The minimum Gasteiger partial charge on any atom is -0.475 e. The summed E-state index contributed by atoms with van der Waals surface area (Å²) < 4.78 is 36.3. The predicted octanol–water partition coefficient (Wildman–Crippen LogP) is 7.03. The molecule has 0 saturated carbocycles. The Morgan fingerprint density at radius 1 is 0.979 bits per heavy atom. The van der Waals surface area contributed by atoms with Crippen LogP contribution in [0.5, 0.6) is 5.88 Å². The zero-order valence-electron chi connectivity index (χ0n) is 29.1. The van der Waals surface area contributed by atoms with Gasteiger partial charge in [0.25, 0.3) is 15.9 Å². The van der Waals surface area contributed by atoms with Crippen LogP contribution in [0.25, 0.3) is 11.3 Å². The summed E-state index contributed by atoms with van der Waals surface area (Å²) in [7, 11) is -4.17. The number of carbonyl (C=O) groups excluding carboxylic acids is 1. The molecule has 1 aliphatic heterocycles. The number of anilines is 2. The summed E-state index contributed by atoms with van der Waals surface area (Å²) in [6, 6.07) is 19.4. The third-order valence-electron chi connectivity index (χ3n) is 8.41. The lowest BCUT2D eigenvalue weighted by Crippen LogP contribution is -2.45. The second kappa shape index (κ2) is 13.9. The van der Waals surface area contributed by atoms with Crippen LogP contribution in [0.1, 0.15) is 75.1 Å². The van der Waals surface area contributed by atoms with Crippen LogP contribution >= 0.6 is 0 Å². The van der Waals surface area contributed by atoms with Crippen molar-refractivity contribution < 1.29 is 17.9 Å². The zero-order valence-corrected chi connectivity index (χ0v) is 29.9. The molecular formula is C37H46N6O4S. The fraction of sp³-hybridized carbons (Fsp3) is 0.405. The van der Waals surface area contributed by atoms with E-state index in [1.807, 2.05) is 50.2 Å². The normalized spacial score (nSPS) is 16.3. The quantitative estimate of drug-likeness (QED) is 0.223. The largest absolute Gasteiger partial charge is 0.475 e. The highest BCUT2D eigenvalue weighted by atomic mass is 32.2. The van der Waals surface area contributed by atoms with Crippen molar-refractivity contribution in [1.29, 1.82) is 0 Å². The Labute approximate surface area is 284 Å². The van der Waals surface area contributed by atoms with E-state index in [9.17, 15) is 13.2 Å². The lowest BCUT2D eigenvalue weighted by molar-refractivity contribution is 0.0509. The molecule has 48 heavy (non-hydrogen) atoms. The number of aryl methyl sites for hydroxylation is 2. The van der Waals surface area contributed by atoms with Crippen molar-refractivity contribution in [2.45, 2.75) is 85.3 Å². The SMILES string of the molecule is CCN(c1cccc(CN2C(=O)c3cccc(c3)S(=O)(=O)Nc3nc(cc(-c4c(C)cccc4C)n3)OC[C@H]2CC(C)(C)C)n1)C(C)C. The molecule has 0 fully saturated rings. The molecule has 1 atom stereocenters. The average Bonchev–Trinajstić information content (AvgIpc) is 3.01. The summed E-state index contributed by atoms with van der Waals surface area (Å²) in [6.45, 7) is 17.8. The standard InChI is InChI=1S/C37H46N6O4S/c1-9-42(24(2)3)32-18-12-16-28(38-32)22-43-29(21-37(6,7)8)23-47-33-20-31(34-25(4)13-10-14-26(34)5)39-36(40-33)41-48(45,46)30-17-11-15-27(19-30)35(43)44/h10-20,24,29H,9,21-23H2,1-8H3,(H,39,40,41)/t29-/m1/s1. The number of sulfonamides is 1. The topological polar surface area (TPSA) is 118 Å². The summed E-state index contributed by atoms with van der Waals surface area (Å²) in [6.07, 6.45) is 0.601. The van der Waals surface area contributed by atoms with Crippen LogP contribution in [0.2, 0.25) is 0 Å². The van der Waals surface area contributed by atoms with Crippen molar-refractivity contribution in [2.75, 3.05) is 22.8 Å². The van der Waals surface area contributed by atoms with Gasteiger partial charge >= 0.3 is 0 Å². The maximum atomic E-state index is 14.5. The summed E-state index contributed by atoms with van der Waals surface area (Å²) >= 11 is 0. The number of nitrogens with zero attached hydrogens (tertiary/aromatic N) is 5. The number of amides is 1. The van der Waals surface area contributed by atoms with Gasteiger partial charge in [-0.25, -0.2) is 23.1 Å². The number of pyridine rings is 1. The molecule has 10 nitrogen and oxygen atoms in total. The van der Waals surface area contributed by atoms with Crippen LogP contribution in [-0.4, -0.2) is 59.4 Å². The lowest BCUT2D eigenvalue weighted by atomic mass is 9.87. The van der Waals surface area contributed by atoms with Gasteiger partial charge in [0.1, 0.15) is 12.4 Å². The van der Waals surface area contributed by atoms with Gasteiger partial charge in [-0.3, -0.25) is 4.79 Å². The Morgan fingerprint density at radius 3 is 2.33 bits per heavy atom. The first-order valence-corrected chi connectivity index (χ1v) is 17.9. The van der Waals surface area contributed by atoms with Gasteiger partial charge in [-0.05, 0) is 87.9 Å². The number of nitrogens with one attached hydrogen (secondary N) is 1. The average molecular weight is 671 g/mol. The highest BCUT2D eigenvalue weighted by molar-refractivity contribution is 7.92. The van der Waals surface area contributed by atoms with Gasteiger partial charge in [0.2, 0.25) is 11.8 Å². The van der Waals surface area contributed by atoms with E-state index in [-0.39, 0.29) is 52.8 Å². The molecule has 2 aromatic carbocycles. The van der Waals surface area contributed by atoms with Gasteiger partial charge in [-0.1, -0.05) is 51.1 Å². The lowest BCUT2D eigenvalue weighted by Gasteiger charge is -2.36. The second-order valence-electron chi connectivity index (χ2n) is 13.8. The van der Waals surface area contributed by atoms with Crippen molar-refractivity contribution >= 4 is 27.7 Å². The summed E-state index contributed by atoms with van der Waals surface area (Å²) in [5.41, 5.74) is 4.14. The highest BCUT2D eigenvalue weighted by Gasteiger charge is 2.32. The van der Waals surface area contributed by atoms with E-state index in [0.717, 1.165) is 34.7 Å². The third kappa shape index (κ3) is 7.95. The molecule has 254 valence electrons. The van der Waals surface area contributed by atoms with Crippen LogP contribution in [0.3, 0.4) is 0 Å². The van der Waals surface area contributed by atoms with E-state index in [1.165, 1.54) is 12.1 Å². The molecule has 11 heteroatoms. The van der Waals surface area contributed by atoms with E-state index in [4.69, 9.17) is 9.72 Å². The Balaban J connectivity index is 1.66. The van der Waals surface area contributed by atoms with Crippen molar-refractivity contribution in [3.63, 3.8) is 0 Å². The van der Waals surface area contributed by atoms with Crippen molar-refractivity contribution in [3.8, 4) is 17.1 Å². The van der Waals surface area contributed by atoms with E-state index < -0.39 is 16.1 Å². The Bertz CT molecular complexity index is 1880. The van der Waals surface area contributed by atoms with Gasteiger partial charge in [0.15, 0.2) is 0 Å². The van der Waals surface area contributed by atoms with E-state index >= 15 is 0 Å². The predicted molar refractivity (Wildman–Crippen MR) is 190 cm³/mol. The zero-order chi connectivity index (χ0) is 34.8. The minimum absolute atomic E-state index is 0.0703. The number of aromatic nitrogens is 3. The Hall–Kier alpha value is -4.51. The molecule has 1 aliphatic rings. The molecule has 4 bridgehead atoms. The summed E-state index contributed by atoms with van der Waals surface area (Å²) in [4.78, 5) is 32.5. The van der Waals surface area contributed by atoms with Crippen LogP contribution in [0.4, 0.5) is 11.8 Å². The van der Waals surface area contributed by atoms with Crippen LogP contribution < -0.4 is 14.4 Å². The number of carbonyl (C=O) groups is 1. The first-order chi connectivity index (χ1) is 22.6. The maximum absolute atomic E-state index is 14.5. The number of rotatable bonds is 7. The number of ether oxygens (including phenoxy) is 1. The molecule has 0 aliphatic carbocycles. The molecule has 1 amide bonds. The molecule has 4 aromatic rings. The first-order valence-electron chi connectivity index (χ1n) is 16.4. The molecule has 1 N–H and O–H groups in total. The van der Waals surface area contributed by atoms with E-state index in [2.05, 4.69) is 61.1 Å². The number of fused-ring (bicyclic) bond motifs is 4. The Kier molecular flexibility index (Phi) is 10.1. The molecule has 3 heterocycles. The van der Waals surface area contributed by atoms with E-state index in [0.29, 0.717) is 12.1 Å². The fourth-order valence-corrected chi connectivity index (χ4v) is 7.22. The molecule has 0 radical (unpaired) electrons. The first kappa shape index (κ1) is 34.8. The van der Waals surface area contributed by atoms with Gasteiger partial charge in [-0.15, -0.1) is 0 Å². The monoisotopic (exact) mass is 670 g/mol. The molecule has 2 aromatic heterocycles. The van der Waals surface area contributed by atoms with Crippen molar-refractivity contribution in [2.24, 2.45) is 5.41 Å². The van der Waals surface area contributed by atoms with Crippen LogP contribution in [0, 0.1) is 19.3 Å². The van der Waals surface area contributed by atoms with Gasteiger partial charge in [-0.2, -0.15) is 4.98 Å². The van der Waals surface area contributed by atoms with Gasteiger partial charge in [0.05, 0.1) is 28.9 Å². The second-order valence-corrected chi connectivity index (χ2v) is 15.5. The van der Waals surface area contributed by atoms with Crippen molar-refractivity contribution in [3.05, 3.63) is 89.1 Å². The van der Waals surface area contributed by atoms with Gasteiger partial charge in [0, 0.05) is 29.8 Å². The maximum Gasteiger partial charge on any atom is 0.264 e. The minimum atomic E-state index is -4.17. The molecule has 0 spiro atoms. The number of hydrogen-bond donors (Lipinski definition) is 1. The smallest absolute Gasteiger partial charge is 0.264 e. The van der Waals surface area contributed by atoms with Gasteiger partial charge < -0.3 is 14.5 Å². The fourth-order valence-electron chi connectivity index (χ4n) is 6.23.